The first kappa shape index (κ1) is 17.9. The molecule has 1 fully saturated rings. The number of anilines is 1. The number of hydrogen-bond donors (Lipinski definition) is 2. The smallest absolute Gasteiger partial charge is 0.291 e. The Labute approximate surface area is 150 Å². The zero-order valence-corrected chi connectivity index (χ0v) is 14.5. The van der Waals surface area contributed by atoms with Gasteiger partial charge in [-0.25, -0.2) is 8.42 Å². The number of benzene rings is 1. The predicted molar refractivity (Wildman–Crippen MR) is 94.0 cm³/mol. The summed E-state index contributed by atoms with van der Waals surface area (Å²) in [6.07, 6.45) is 2.54. The maximum atomic E-state index is 12.5. The molecule has 9 heteroatoms. The molecule has 0 radical (unpaired) electrons. The van der Waals surface area contributed by atoms with Gasteiger partial charge in [0.2, 0.25) is 15.9 Å². The van der Waals surface area contributed by atoms with E-state index in [0.717, 1.165) is 6.08 Å². The van der Waals surface area contributed by atoms with Crippen LogP contribution in [0, 0.1) is 0 Å². The van der Waals surface area contributed by atoms with Crippen molar-refractivity contribution in [3.05, 3.63) is 61.1 Å². The Balaban J connectivity index is 1.62. The molecule has 136 valence electrons. The van der Waals surface area contributed by atoms with Crippen LogP contribution in [-0.4, -0.2) is 43.7 Å². The minimum Gasteiger partial charge on any atom is -0.459 e. The van der Waals surface area contributed by atoms with Crippen molar-refractivity contribution < 1.29 is 22.4 Å². The molecule has 2 aromatic rings. The molecule has 2 N–H and O–H groups in total. The molecule has 0 unspecified atom stereocenters. The number of hydrogen-bond acceptors (Lipinski definition) is 5. The quantitative estimate of drug-likeness (QED) is 0.738. The van der Waals surface area contributed by atoms with Crippen LogP contribution in [0.5, 0.6) is 0 Å². The Bertz CT molecular complexity index is 914. The largest absolute Gasteiger partial charge is 0.459 e. The van der Waals surface area contributed by atoms with E-state index in [1.165, 1.54) is 40.9 Å². The summed E-state index contributed by atoms with van der Waals surface area (Å²) in [5.74, 6) is -0.590. The van der Waals surface area contributed by atoms with Crippen LogP contribution in [0.25, 0.3) is 0 Å². The summed E-state index contributed by atoms with van der Waals surface area (Å²) in [4.78, 5) is 23.2. The summed E-state index contributed by atoms with van der Waals surface area (Å²) >= 11 is 0. The highest BCUT2D eigenvalue weighted by molar-refractivity contribution is 7.89. The molecule has 8 nitrogen and oxygen atoms in total. The maximum Gasteiger partial charge on any atom is 0.291 e. The van der Waals surface area contributed by atoms with Gasteiger partial charge in [-0.15, -0.1) is 0 Å². The van der Waals surface area contributed by atoms with Crippen molar-refractivity contribution >= 4 is 27.5 Å². The van der Waals surface area contributed by atoms with Gasteiger partial charge in [-0.05, 0) is 42.5 Å². The SMILES string of the molecule is C=CC(=O)NC1CN(S(=O)(=O)c2ccc(NC(=O)c3ccco3)cc2)C1. The van der Waals surface area contributed by atoms with E-state index in [2.05, 4.69) is 17.2 Å². The minimum atomic E-state index is -3.64. The van der Waals surface area contributed by atoms with Crippen LogP contribution in [0.15, 0.2) is 64.6 Å². The van der Waals surface area contributed by atoms with Crippen molar-refractivity contribution in [2.45, 2.75) is 10.9 Å². The summed E-state index contributed by atoms with van der Waals surface area (Å²) in [6, 6.07) is 8.75. The van der Waals surface area contributed by atoms with E-state index in [1.54, 1.807) is 6.07 Å². The molecule has 26 heavy (non-hydrogen) atoms. The second kappa shape index (κ2) is 7.14. The molecule has 3 rings (SSSR count). The maximum absolute atomic E-state index is 12.5. The fraction of sp³-hybridized carbons (Fsp3) is 0.176. The molecule has 1 aliphatic heterocycles. The molecule has 0 spiro atoms. The predicted octanol–water partition coefficient (Wildman–Crippen LogP) is 1.21. The Kier molecular flexibility index (Phi) is 4.92. The lowest BCUT2D eigenvalue weighted by Crippen LogP contribution is -2.60. The van der Waals surface area contributed by atoms with E-state index in [1.807, 2.05) is 0 Å². The summed E-state index contributed by atoms with van der Waals surface area (Å²) in [6.45, 7) is 3.77. The number of carbonyl (C=O) groups excluding carboxylic acids is 2. The monoisotopic (exact) mass is 375 g/mol. The van der Waals surface area contributed by atoms with Crippen LogP contribution < -0.4 is 10.6 Å². The van der Waals surface area contributed by atoms with Gasteiger partial charge in [-0.2, -0.15) is 4.31 Å². The van der Waals surface area contributed by atoms with Gasteiger partial charge in [0.05, 0.1) is 17.2 Å². The first-order valence-electron chi connectivity index (χ1n) is 7.78. The lowest BCUT2D eigenvalue weighted by Gasteiger charge is -2.38. The van der Waals surface area contributed by atoms with Gasteiger partial charge in [-0.3, -0.25) is 9.59 Å². The summed E-state index contributed by atoms with van der Waals surface area (Å²) in [5.41, 5.74) is 0.449. The van der Waals surface area contributed by atoms with Crippen LogP contribution in [-0.2, 0) is 14.8 Å². The number of sulfonamides is 1. The molecule has 0 atom stereocenters. The van der Waals surface area contributed by atoms with E-state index in [-0.39, 0.29) is 35.7 Å². The number of nitrogens with zero attached hydrogens (tertiary/aromatic N) is 1. The zero-order valence-electron chi connectivity index (χ0n) is 13.7. The van der Waals surface area contributed by atoms with Gasteiger partial charge in [0.25, 0.3) is 5.91 Å². The molecule has 1 aromatic carbocycles. The fourth-order valence-corrected chi connectivity index (χ4v) is 3.98. The van der Waals surface area contributed by atoms with Crippen LogP contribution in [0.1, 0.15) is 10.6 Å². The highest BCUT2D eigenvalue weighted by Crippen LogP contribution is 2.23. The molecule has 2 heterocycles. The van der Waals surface area contributed by atoms with Crippen molar-refractivity contribution in [1.29, 1.82) is 0 Å². The van der Waals surface area contributed by atoms with Crippen molar-refractivity contribution in [2.24, 2.45) is 0 Å². The minimum absolute atomic E-state index is 0.113. The second-order valence-corrected chi connectivity index (χ2v) is 7.63. The topological polar surface area (TPSA) is 109 Å². The van der Waals surface area contributed by atoms with E-state index in [4.69, 9.17) is 4.42 Å². The number of rotatable bonds is 6. The number of nitrogens with one attached hydrogen (secondary N) is 2. The van der Waals surface area contributed by atoms with Crippen LogP contribution in [0.4, 0.5) is 5.69 Å². The lowest BCUT2D eigenvalue weighted by atomic mass is 10.2. The van der Waals surface area contributed by atoms with Gasteiger partial charge in [0.1, 0.15) is 0 Å². The molecule has 0 aliphatic carbocycles. The normalized spacial score (nSPS) is 15.1. The second-order valence-electron chi connectivity index (χ2n) is 5.69. The Morgan fingerprint density at radius 1 is 1.19 bits per heavy atom. The third-order valence-electron chi connectivity index (χ3n) is 3.87. The van der Waals surface area contributed by atoms with Crippen molar-refractivity contribution in [2.75, 3.05) is 18.4 Å². The average Bonchev–Trinajstić information content (AvgIpc) is 3.12. The number of carbonyl (C=O) groups is 2. The van der Waals surface area contributed by atoms with Crippen LogP contribution >= 0.6 is 0 Å². The number of furan rings is 1. The summed E-state index contributed by atoms with van der Waals surface area (Å²) in [5, 5.41) is 5.26. The Morgan fingerprint density at radius 2 is 1.88 bits per heavy atom. The Hall–Kier alpha value is -2.91. The third-order valence-corrected chi connectivity index (χ3v) is 5.72. The zero-order chi connectivity index (χ0) is 18.7. The summed E-state index contributed by atoms with van der Waals surface area (Å²) < 4.78 is 31.3. The van der Waals surface area contributed by atoms with Gasteiger partial charge < -0.3 is 15.1 Å². The van der Waals surface area contributed by atoms with Crippen LogP contribution in [0.3, 0.4) is 0 Å². The van der Waals surface area contributed by atoms with Crippen molar-refractivity contribution in [3.63, 3.8) is 0 Å². The average molecular weight is 375 g/mol. The van der Waals surface area contributed by atoms with Crippen molar-refractivity contribution in [3.8, 4) is 0 Å². The van der Waals surface area contributed by atoms with Gasteiger partial charge in [-0.1, -0.05) is 6.58 Å². The van der Waals surface area contributed by atoms with Gasteiger partial charge in [0.15, 0.2) is 5.76 Å². The molecule has 2 amide bonds. The van der Waals surface area contributed by atoms with E-state index in [9.17, 15) is 18.0 Å². The van der Waals surface area contributed by atoms with E-state index >= 15 is 0 Å². The molecule has 1 aromatic heterocycles. The Morgan fingerprint density at radius 3 is 2.46 bits per heavy atom. The van der Waals surface area contributed by atoms with Gasteiger partial charge >= 0.3 is 0 Å². The van der Waals surface area contributed by atoms with Gasteiger partial charge in [0, 0.05) is 18.8 Å². The molecular weight excluding hydrogens is 358 g/mol. The first-order chi connectivity index (χ1) is 12.4. The van der Waals surface area contributed by atoms with Crippen molar-refractivity contribution in [1.82, 2.24) is 9.62 Å². The molecule has 1 saturated heterocycles. The molecular formula is C17H17N3O5S. The first-order valence-corrected chi connectivity index (χ1v) is 9.22. The summed E-state index contributed by atoms with van der Waals surface area (Å²) in [7, 11) is -3.64. The van der Waals surface area contributed by atoms with E-state index in [0.29, 0.717) is 5.69 Å². The molecule has 0 saturated carbocycles. The molecule has 1 aliphatic rings. The van der Waals surface area contributed by atoms with E-state index < -0.39 is 15.9 Å². The van der Waals surface area contributed by atoms with Crippen LogP contribution in [0.2, 0.25) is 0 Å². The highest BCUT2D eigenvalue weighted by Gasteiger charge is 2.37. The standard InChI is InChI=1S/C17H17N3O5S/c1-2-16(21)18-13-10-20(11-13)26(23,24)14-7-5-12(6-8-14)19-17(22)15-4-3-9-25-15/h2-9,13H,1,10-11H2,(H,18,21)(H,19,22). The lowest BCUT2D eigenvalue weighted by molar-refractivity contribution is -0.117. The third kappa shape index (κ3) is 3.68. The molecule has 0 bridgehead atoms. The fourth-order valence-electron chi connectivity index (χ4n) is 2.45. The highest BCUT2D eigenvalue weighted by atomic mass is 32.2. The number of amides is 2.